The Morgan fingerprint density at radius 1 is 0.835 bits per heavy atom. The summed E-state index contributed by atoms with van der Waals surface area (Å²) in [6, 6.07) is 27.9. The van der Waals surface area contributed by atoms with E-state index in [1.807, 2.05) is 85.8 Å². The molecular weight excluding hydrogens is 1150 g/mol. The van der Waals surface area contributed by atoms with Crippen molar-refractivity contribution in [3.63, 3.8) is 0 Å². The van der Waals surface area contributed by atoms with E-state index in [0.29, 0.717) is 35.0 Å². The van der Waals surface area contributed by atoms with E-state index in [1.54, 1.807) is 43.8 Å². The van der Waals surface area contributed by atoms with Crippen LogP contribution in [0.5, 0.6) is 11.5 Å². The number of hydrogen-bond acceptors (Lipinski definition) is 17. The average molecular weight is 1210 g/mol. The molecule has 4 aromatic carbocycles. The molecule has 5 N–H and O–H groups in total. The van der Waals surface area contributed by atoms with Crippen LogP contribution in [0.1, 0.15) is 85.6 Å². The van der Waals surface area contributed by atoms with E-state index in [9.17, 15) is 51.8 Å². The highest BCUT2D eigenvalue weighted by Crippen LogP contribution is 2.43. The molecule has 21 nitrogen and oxygen atoms in total. The van der Waals surface area contributed by atoms with Crippen LogP contribution in [0.4, 0.5) is 24.8 Å². The van der Waals surface area contributed by atoms with Gasteiger partial charge in [-0.25, -0.2) is 14.8 Å². The van der Waals surface area contributed by atoms with Crippen molar-refractivity contribution >= 4 is 79.9 Å². The summed E-state index contributed by atoms with van der Waals surface area (Å²) in [5.41, 5.74) is -0.649. The van der Waals surface area contributed by atoms with Gasteiger partial charge in [0, 0.05) is 54.1 Å². The lowest BCUT2D eigenvalue weighted by Gasteiger charge is -2.38. The summed E-state index contributed by atoms with van der Waals surface area (Å²) >= 11 is 0. The maximum Gasteiger partial charge on any atom is 0.471 e. The molecule has 6 aromatic rings. The Morgan fingerprint density at radius 2 is 1.47 bits per heavy atom. The number of rotatable bonds is 27. The van der Waals surface area contributed by atoms with Gasteiger partial charge in [-0.15, -0.1) is 0 Å². The average Bonchev–Trinajstić information content (AvgIpc) is 1.64. The summed E-state index contributed by atoms with van der Waals surface area (Å²) in [5, 5.41) is 18.6. The van der Waals surface area contributed by atoms with E-state index in [-0.39, 0.29) is 84.2 Å². The van der Waals surface area contributed by atoms with Crippen LogP contribution in [0.3, 0.4) is 0 Å². The van der Waals surface area contributed by atoms with Crippen molar-refractivity contribution in [1.29, 1.82) is 0 Å². The Kier molecular flexibility index (Phi) is 22.5. The first-order valence-corrected chi connectivity index (χ1v) is 29.5. The molecule has 0 aliphatic carbocycles. The Bertz CT molecular complexity index is 3300. The highest BCUT2D eigenvalue weighted by Gasteiger charge is 2.44. The third-order valence-corrected chi connectivity index (χ3v) is 16.8. The van der Waals surface area contributed by atoms with Gasteiger partial charge in [0.2, 0.25) is 23.7 Å². The molecule has 5 amide bonds. The van der Waals surface area contributed by atoms with E-state index in [0.717, 1.165) is 54.3 Å². The number of aromatic amines is 1. The normalized spacial score (nSPS) is 15.0. The number of methoxy groups -OCH3 is 3. The molecule has 1 aliphatic heterocycles. The summed E-state index contributed by atoms with van der Waals surface area (Å²) in [7, 11) is 7.37. The van der Waals surface area contributed by atoms with Crippen LogP contribution >= 0.6 is 21.6 Å². The maximum atomic E-state index is 13.9. The van der Waals surface area contributed by atoms with Gasteiger partial charge in [0.15, 0.2) is 11.2 Å². The Labute approximate surface area is 495 Å². The molecular formula is C59H66F3N9O12S2. The molecule has 1 saturated heterocycles. The lowest BCUT2D eigenvalue weighted by molar-refractivity contribution is -0.170. The molecule has 1 fully saturated rings. The van der Waals surface area contributed by atoms with Crippen LogP contribution in [-0.4, -0.2) is 142 Å². The number of H-pyrrole nitrogens is 1. The number of fused-ring (bicyclic) bond motifs is 1. The molecule has 0 saturated carbocycles. The topological polar surface area (TPSA) is 274 Å². The number of β-amino-alcohol motifs (C(OH)–C–C–N with tert-alkyl or cyclic N) is 1. The molecule has 0 bridgehead atoms. The summed E-state index contributed by atoms with van der Waals surface area (Å²) in [5.74, 6) is -3.74. The van der Waals surface area contributed by atoms with Gasteiger partial charge < -0.3 is 39.6 Å². The number of benzene rings is 4. The minimum atomic E-state index is -5.35. The first-order valence-electron chi connectivity index (χ1n) is 27.1. The lowest BCUT2D eigenvalue weighted by atomic mass is 9.80. The molecule has 26 heteroatoms. The monoisotopic (exact) mass is 1210 g/mol. The van der Waals surface area contributed by atoms with Gasteiger partial charge in [-0.3, -0.25) is 44.0 Å². The second-order valence-corrected chi connectivity index (χ2v) is 23.1. The molecule has 2 aromatic heterocycles. The van der Waals surface area contributed by atoms with Crippen LogP contribution < -0.4 is 35.9 Å². The number of hydrogen-bond donors (Lipinski definition) is 5. The van der Waals surface area contributed by atoms with Gasteiger partial charge in [0.25, 0.3) is 11.5 Å². The molecule has 4 atom stereocenters. The molecule has 3 heterocycles. The quantitative estimate of drug-likeness (QED) is 0.0149. The number of carbonyl (C=O) groups is 6. The fourth-order valence-electron chi connectivity index (χ4n) is 9.30. The molecule has 7 rings (SSSR count). The predicted octanol–water partition coefficient (Wildman–Crippen LogP) is 7.11. The number of alkyl halides is 3. The van der Waals surface area contributed by atoms with Gasteiger partial charge in [-0.2, -0.15) is 18.2 Å². The summed E-state index contributed by atoms with van der Waals surface area (Å²) in [4.78, 5) is 107. The first kappa shape index (κ1) is 64.5. The van der Waals surface area contributed by atoms with Gasteiger partial charge in [-0.1, -0.05) is 97.0 Å². The van der Waals surface area contributed by atoms with Crippen molar-refractivity contribution in [3.8, 4) is 11.5 Å². The van der Waals surface area contributed by atoms with Gasteiger partial charge in [-0.05, 0) is 84.5 Å². The summed E-state index contributed by atoms with van der Waals surface area (Å²) in [6.07, 6.45) is -4.29. The maximum absolute atomic E-state index is 13.9. The van der Waals surface area contributed by atoms with E-state index < -0.39 is 77.6 Å². The highest BCUT2D eigenvalue weighted by molar-refractivity contribution is 8.76. The third kappa shape index (κ3) is 16.9. The Morgan fingerprint density at radius 3 is 2.07 bits per heavy atom. The molecule has 452 valence electrons. The number of amides is 5. The van der Waals surface area contributed by atoms with E-state index in [4.69, 9.17) is 18.9 Å². The zero-order valence-corrected chi connectivity index (χ0v) is 49.1. The van der Waals surface area contributed by atoms with Crippen LogP contribution in [-0.2, 0) is 45.6 Å². The summed E-state index contributed by atoms with van der Waals surface area (Å²) in [6.45, 7) is 5.00. The van der Waals surface area contributed by atoms with Crippen LogP contribution in [0, 0.1) is 5.92 Å². The van der Waals surface area contributed by atoms with Crippen LogP contribution in [0.2, 0.25) is 0 Å². The SMILES string of the molecule is COC(=O)[C@H](CCC(=O)NCCSSC(C)CCC(=O)N1C[C@H](O)C[C@H]1COC(c1ccccc1)(c1ccc(OC)cc1)c1ccc(OC)cc1)NC(=O)c1ccc(N(Cc2cnc3nc(NC(=O)C(C)C)[nH]c(=O)c3n2)C(=O)C(F)(F)F)cc1. The Hall–Kier alpha value is -8.07. The van der Waals surface area contributed by atoms with Crippen molar-refractivity contribution < 1.29 is 66.0 Å². The minimum absolute atomic E-state index is 0.0453. The number of ether oxygens (including phenoxy) is 4. The highest BCUT2D eigenvalue weighted by atomic mass is 33.1. The standard InChI is InChI=1S/C59H66F3N9O12S2/c1-35(2)52(75)68-57-67-51-50(54(77)69-57)65-41(31-64-51)32-71(56(79)59(60,61)62)42-19-13-37(14-20-42)53(76)66-47(55(78)82-6)25-26-48(73)63-28-29-84-85-36(3)12-27-49(74)70-33-44(72)30-43(70)34-83-58(38-10-8-7-9-11-38,39-15-21-45(80-4)22-16-39)40-17-23-46(81-5)24-18-40/h7-11,13-24,31,35-36,43-44,47,72H,12,25-30,32-34H2,1-6H3,(H,63,73)(H,66,76)(H2,64,67,68,69,75,77)/t36?,43-,44+,47-/m0/s1. The van der Waals surface area contributed by atoms with Gasteiger partial charge in [0.1, 0.15) is 23.1 Å². The number of aromatic nitrogens is 4. The zero-order valence-electron chi connectivity index (χ0n) is 47.5. The van der Waals surface area contributed by atoms with Crippen molar-refractivity contribution in [2.45, 2.75) is 94.6 Å². The number of nitrogens with one attached hydrogen (secondary N) is 4. The van der Waals surface area contributed by atoms with E-state index in [1.165, 1.54) is 10.8 Å². The number of esters is 1. The fraction of sp³-hybridized carbons (Fsp3) is 0.390. The second-order valence-electron chi connectivity index (χ2n) is 20.1. The van der Waals surface area contributed by atoms with Crippen molar-refractivity contribution in [3.05, 3.63) is 148 Å². The van der Waals surface area contributed by atoms with Crippen LogP contribution in [0.25, 0.3) is 11.2 Å². The minimum Gasteiger partial charge on any atom is -0.497 e. The van der Waals surface area contributed by atoms with E-state index in [2.05, 4.69) is 35.9 Å². The van der Waals surface area contributed by atoms with Crippen molar-refractivity contribution in [1.82, 2.24) is 35.5 Å². The predicted molar refractivity (Wildman–Crippen MR) is 314 cm³/mol. The number of anilines is 2. The van der Waals surface area contributed by atoms with Gasteiger partial charge >= 0.3 is 18.1 Å². The van der Waals surface area contributed by atoms with Crippen LogP contribution in [0.15, 0.2) is 114 Å². The lowest BCUT2D eigenvalue weighted by Crippen LogP contribution is -2.42. The zero-order chi connectivity index (χ0) is 61.4. The van der Waals surface area contributed by atoms with E-state index >= 15 is 0 Å². The van der Waals surface area contributed by atoms with Crippen molar-refractivity contribution in [2.75, 3.05) is 57.0 Å². The Balaban J connectivity index is 0.873. The number of aliphatic hydroxyl groups excluding tert-OH is 1. The number of carbonyl (C=O) groups excluding carboxylic acids is 6. The number of nitrogens with zero attached hydrogens (tertiary/aromatic N) is 5. The first-order chi connectivity index (χ1) is 40.6. The molecule has 1 unspecified atom stereocenters. The molecule has 0 radical (unpaired) electrons. The molecule has 0 spiro atoms. The number of aliphatic hydroxyl groups is 1. The van der Waals surface area contributed by atoms with Gasteiger partial charge in [0.05, 0.1) is 58.5 Å². The van der Waals surface area contributed by atoms with Crippen molar-refractivity contribution in [2.24, 2.45) is 5.92 Å². The smallest absolute Gasteiger partial charge is 0.471 e. The fourth-order valence-corrected chi connectivity index (χ4v) is 11.6. The third-order valence-electron chi connectivity index (χ3n) is 13.8. The second kappa shape index (κ2) is 29.6. The number of halogens is 3. The summed E-state index contributed by atoms with van der Waals surface area (Å²) < 4.78 is 64.6. The molecule has 85 heavy (non-hydrogen) atoms. The largest absolute Gasteiger partial charge is 0.497 e. The molecule has 1 aliphatic rings. The number of likely N-dealkylation sites (tertiary alicyclic amines) is 1.